The number of hydrogen-bond donors (Lipinski definition) is 1. The van der Waals surface area contributed by atoms with Gasteiger partial charge < -0.3 is 10.1 Å². The molecule has 2 aliphatic rings. The zero-order valence-corrected chi connectivity index (χ0v) is 19.6. The molecule has 1 amide bonds. The van der Waals surface area contributed by atoms with Crippen LogP contribution in [-0.2, 0) is 11.3 Å². The van der Waals surface area contributed by atoms with Gasteiger partial charge in [-0.3, -0.25) is 9.97 Å². The van der Waals surface area contributed by atoms with Crippen LogP contribution in [0.25, 0.3) is 0 Å². The standard InChI is InChI=1S/C28H29N5O2/c34-28(31-19-20-11-3-1-4-12-20)35-24-16-6-2-5-13-21-25(24)27(23-15-8-10-18-30-23)33-32-26(21)22-14-7-9-17-29-22/h1,3-4,7-12,14-15,17-18,21,24-25H,2,5-6,13,16,19H2,(H,31,34). The second kappa shape index (κ2) is 11.0. The Morgan fingerprint density at radius 2 is 1.46 bits per heavy atom. The van der Waals surface area contributed by atoms with Gasteiger partial charge in [0.15, 0.2) is 0 Å². The second-order valence-corrected chi connectivity index (χ2v) is 8.95. The predicted octanol–water partition coefficient (Wildman–Crippen LogP) is 5.18. The van der Waals surface area contributed by atoms with Gasteiger partial charge in [0.25, 0.3) is 0 Å². The van der Waals surface area contributed by atoms with Crippen LogP contribution in [0.1, 0.15) is 49.1 Å². The van der Waals surface area contributed by atoms with Crippen molar-refractivity contribution < 1.29 is 9.53 Å². The van der Waals surface area contributed by atoms with E-state index in [4.69, 9.17) is 4.74 Å². The summed E-state index contributed by atoms with van der Waals surface area (Å²) in [4.78, 5) is 22.0. The van der Waals surface area contributed by atoms with E-state index in [1.54, 1.807) is 12.4 Å². The molecular weight excluding hydrogens is 438 g/mol. The summed E-state index contributed by atoms with van der Waals surface area (Å²) in [5.41, 5.74) is 4.25. The summed E-state index contributed by atoms with van der Waals surface area (Å²) in [5, 5.41) is 12.2. The summed E-state index contributed by atoms with van der Waals surface area (Å²) in [7, 11) is 0. The molecule has 3 aromatic rings. The number of ether oxygens (including phenoxy) is 1. The fraction of sp³-hybridized carbons (Fsp3) is 0.321. The molecule has 0 saturated heterocycles. The molecule has 3 heterocycles. The van der Waals surface area contributed by atoms with Crippen LogP contribution in [0.15, 0.2) is 89.3 Å². The third kappa shape index (κ3) is 5.45. The first-order valence-electron chi connectivity index (χ1n) is 12.3. The molecule has 35 heavy (non-hydrogen) atoms. The van der Waals surface area contributed by atoms with E-state index >= 15 is 0 Å². The molecule has 0 radical (unpaired) electrons. The lowest BCUT2D eigenvalue weighted by atomic mass is 9.72. The molecule has 1 saturated carbocycles. The smallest absolute Gasteiger partial charge is 0.407 e. The summed E-state index contributed by atoms with van der Waals surface area (Å²) in [5.74, 6) is -0.117. The third-order valence-corrected chi connectivity index (χ3v) is 6.66. The molecule has 7 nitrogen and oxygen atoms in total. The maximum absolute atomic E-state index is 12.9. The fourth-order valence-electron chi connectivity index (χ4n) is 5.00. The highest BCUT2D eigenvalue weighted by atomic mass is 16.6. The van der Waals surface area contributed by atoms with Gasteiger partial charge in [0.05, 0.1) is 28.7 Å². The summed E-state index contributed by atoms with van der Waals surface area (Å²) >= 11 is 0. The number of carbonyl (C=O) groups excluding carboxylic acids is 1. The monoisotopic (exact) mass is 467 g/mol. The Labute approximate surface area is 205 Å². The molecule has 3 atom stereocenters. The Kier molecular flexibility index (Phi) is 7.22. The van der Waals surface area contributed by atoms with Crippen LogP contribution in [0.3, 0.4) is 0 Å². The molecule has 1 N–H and O–H groups in total. The minimum absolute atomic E-state index is 0.0339. The van der Waals surface area contributed by atoms with Gasteiger partial charge in [0, 0.05) is 24.9 Å². The number of nitrogens with zero attached hydrogens (tertiary/aromatic N) is 4. The van der Waals surface area contributed by atoms with Crippen molar-refractivity contribution in [3.63, 3.8) is 0 Å². The highest BCUT2D eigenvalue weighted by Gasteiger charge is 2.43. The summed E-state index contributed by atoms with van der Waals surface area (Å²) in [6.07, 6.45) is 7.63. The predicted molar refractivity (Wildman–Crippen MR) is 135 cm³/mol. The molecule has 2 aromatic heterocycles. The number of alkyl carbamates (subject to hydrolysis) is 1. The van der Waals surface area contributed by atoms with Crippen molar-refractivity contribution in [2.75, 3.05) is 0 Å². The molecule has 7 heteroatoms. The molecule has 0 bridgehead atoms. The van der Waals surface area contributed by atoms with Crippen molar-refractivity contribution in [1.29, 1.82) is 0 Å². The number of nitrogens with one attached hydrogen (secondary N) is 1. The van der Waals surface area contributed by atoms with Crippen molar-refractivity contribution in [2.24, 2.45) is 22.0 Å². The average Bonchev–Trinajstić information content (AvgIpc) is 2.91. The lowest BCUT2D eigenvalue weighted by molar-refractivity contribution is 0.0576. The first-order valence-corrected chi connectivity index (χ1v) is 12.3. The van der Waals surface area contributed by atoms with E-state index < -0.39 is 6.09 Å². The Bertz CT molecular complexity index is 1180. The molecular formula is C28H29N5O2. The highest BCUT2D eigenvalue weighted by Crippen LogP contribution is 2.37. The molecule has 1 aliphatic carbocycles. The van der Waals surface area contributed by atoms with E-state index in [0.29, 0.717) is 6.54 Å². The third-order valence-electron chi connectivity index (χ3n) is 6.66. The van der Waals surface area contributed by atoms with Crippen molar-refractivity contribution in [3.8, 4) is 0 Å². The maximum Gasteiger partial charge on any atom is 0.407 e. The van der Waals surface area contributed by atoms with E-state index in [9.17, 15) is 4.79 Å². The number of fused-ring (bicyclic) bond motifs is 1. The van der Waals surface area contributed by atoms with Crippen LogP contribution in [0.5, 0.6) is 0 Å². The van der Waals surface area contributed by atoms with Gasteiger partial charge in [-0.25, -0.2) is 4.79 Å². The lowest BCUT2D eigenvalue weighted by Gasteiger charge is -2.37. The molecule has 1 aromatic carbocycles. The van der Waals surface area contributed by atoms with Gasteiger partial charge in [0.2, 0.25) is 0 Å². The van der Waals surface area contributed by atoms with Crippen molar-refractivity contribution in [1.82, 2.24) is 15.3 Å². The number of amides is 1. The zero-order valence-electron chi connectivity index (χ0n) is 19.6. The normalized spacial score (nSPS) is 22.0. The minimum Gasteiger partial charge on any atom is -0.446 e. The molecule has 5 rings (SSSR count). The SMILES string of the molecule is O=C(NCc1ccccc1)OC1CCCCCC2C(c3ccccn3)=NN=C(c3ccccn3)C12. The Morgan fingerprint density at radius 3 is 2.17 bits per heavy atom. The van der Waals surface area contributed by atoms with Gasteiger partial charge in [-0.2, -0.15) is 10.2 Å². The van der Waals surface area contributed by atoms with Crippen LogP contribution in [0.2, 0.25) is 0 Å². The Balaban J connectivity index is 1.45. The van der Waals surface area contributed by atoms with Crippen LogP contribution < -0.4 is 5.32 Å². The maximum atomic E-state index is 12.9. The van der Waals surface area contributed by atoms with Crippen LogP contribution in [-0.4, -0.2) is 33.6 Å². The van der Waals surface area contributed by atoms with Crippen LogP contribution in [0, 0.1) is 11.8 Å². The highest BCUT2D eigenvalue weighted by molar-refractivity contribution is 6.10. The van der Waals surface area contributed by atoms with Gasteiger partial charge in [-0.1, -0.05) is 55.3 Å². The first kappa shape index (κ1) is 22.9. The van der Waals surface area contributed by atoms with Crippen molar-refractivity contribution >= 4 is 17.5 Å². The lowest BCUT2D eigenvalue weighted by Crippen LogP contribution is -2.45. The largest absolute Gasteiger partial charge is 0.446 e. The summed E-state index contributed by atoms with van der Waals surface area (Å²) in [6.45, 7) is 0.419. The van der Waals surface area contributed by atoms with E-state index in [-0.39, 0.29) is 17.9 Å². The van der Waals surface area contributed by atoms with Gasteiger partial charge >= 0.3 is 6.09 Å². The van der Waals surface area contributed by atoms with Gasteiger partial charge in [-0.15, -0.1) is 0 Å². The minimum atomic E-state index is -0.416. The Morgan fingerprint density at radius 1 is 0.800 bits per heavy atom. The van der Waals surface area contributed by atoms with Crippen molar-refractivity contribution in [2.45, 2.75) is 44.8 Å². The average molecular weight is 468 g/mol. The molecule has 0 spiro atoms. The van der Waals surface area contributed by atoms with E-state index in [0.717, 1.165) is 60.5 Å². The number of carbonyl (C=O) groups is 1. The Hall–Kier alpha value is -3.87. The summed E-state index contributed by atoms with van der Waals surface area (Å²) < 4.78 is 6.12. The molecule has 1 aliphatic heterocycles. The molecule has 178 valence electrons. The van der Waals surface area contributed by atoms with Gasteiger partial charge in [-0.05, 0) is 49.1 Å². The van der Waals surface area contributed by atoms with E-state index in [1.165, 1.54) is 0 Å². The number of rotatable bonds is 5. The van der Waals surface area contributed by atoms with E-state index in [1.807, 2.05) is 66.7 Å². The van der Waals surface area contributed by atoms with Gasteiger partial charge in [0.1, 0.15) is 6.10 Å². The number of pyridine rings is 2. The summed E-state index contributed by atoms with van der Waals surface area (Å²) in [6, 6.07) is 21.4. The number of aromatic nitrogens is 2. The van der Waals surface area contributed by atoms with E-state index in [2.05, 4.69) is 25.5 Å². The van der Waals surface area contributed by atoms with Crippen LogP contribution >= 0.6 is 0 Å². The topological polar surface area (TPSA) is 88.8 Å². The zero-order chi connectivity index (χ0) is 23.9. The van der Waals surface area contributed by atoms with Crippen LogP contribution in [0.4, 0.5) is 4.79 Å². The number of hydrogen-bond acceptors (Lipinski definition) is 6. The molecule has 3 unspecified atom stereocenters. The van der Waals surface area contributed by atoms with Crippen molar-refractivity contribution in [3.05, 3.63) is 96.1 Å². The quantitative estimate of drug-likeness (QED) is 0.560. The molecule has 1 fully saturated rings. The first-order chi connectivity index (χ1) is 17.3. The second-order valence-electron chi connectivity index (χ2n) is 8.95. The number of benzene rings is 1. The fourth-order valence-corrected chi connectivity index (χ4v) is 5.00.